The van der Waals surface area contributed by atoms with Crippen LogP contribution in [0.1, 0.15) is 17.2 Å². The number of halogens is 2. The summed E-state index contributed by atoms with van der Waals surface area (Å²) in [5.74, 6) is 1.11. The average molecular weight is 325 g/mol. The van der Waals surface area contributed by atoms with Crippen molar-refractivity contribution in [2.75, 3.05) is 7.05 Å². The number of hydrogen-bond donors (Lipinski definition) is 1. The third-order valence-electron chi connectivity index (χ3n) is 2.76. The molecule has 7 heteroatoms. The molecule has 0 spiro atoms. The SMILES string of the molecule is Cc1nc(CN(C)C(=O)C=Cc2cc(Cl)ccc2Cl)n[nH]1. The average Bonchev–Trinajstić information content (AvgIpc) is 2.84. The van der Waals surface area contributed by atoms with Gasteiger partial charge in [-0.1, -0.05) is 23.2 Å². The van der Waals surface area contributed by atoms with Gasteiger partial charge in [0.2, 0.25) is 5.91 Å². The highest BCUT2D eigenvalue weighted by Crippen LogP contribution is 2.21. The molecule has 0 aliphatic carbocycles. The number of aromatic amines is 1. The summed E-state index contributed by atoms with van der Waals surface area (Å²) in [4.78, 5) is 17.7. The topological polar surface area (TPSA) is 61.9 Å². The molecule has 1 amide bonds. The zero-order valence-electron chi connectivity index (χ0n) is 11.6. The van der Waals surface area contributed by atoms with E-state index in [9.17, 15) is 4.79 Å². The number of benzene rings is 1. The fourth-order valence-electron chi connectivity index (χ4n) is 1.68. The summed E-state index contributed by atoms with van der Waals surface area (Å²) in [6.45, 7) is 2.14. The van der Waals surface area contributed by atoms with E-state index >= 15 is 0 Å². The number of nitrogens with one attached hydrogen (secondary N) is 1. The van der Waals surface area contributed by atoms with Crippen molar-refractivity contribution in [1.82, 2.24) is 20.1 Å². The largest absolute Gasteiger partial charge is 0.335 e. The molecule has 0 bridgehead atoms. The van der Waals surface area contributed by atoms with Crippen LogP contribution in [0.15, 0.2) is 24.3 Å². The molecule has 0 unspecified atom stereocenters. The number of carbonyl (C=O) groups is 1. The van der Waals surface area contributed by atoms with E-state index < -0.39 is 0 Å². The maximum Gasteiger partial charge on any atom is 0.246 e. The Balaban J connectivity index is 2.03. The quantitative estimate of drug-likeness (QED) is 0.879. The Bertz CT molecular complexity index is 681. The van der Waals surface area contributed by atoms with Gasteiger partial charge in [-0.3, -0.25) is 9.89 Å². The summed E-state index contributed by atoms with van der Waals surface area (Å²) in [5, 5.41) is 7.83. The van der Waals surface area contributed by atoms with Crippen molar-refractivity contribution >= 4 is 35.2 Å². The van der Waals surface area contributed by atoms with Crippen molar-refractivity contribution in [3.8, 4) is 0 Å². The monoisotopic (exact) mass is 324 g/mol. The Morgan fingerprint density at radius 3 is 2.86 bits per heavy atom. The van der Waals surface area contributed by atoms with Gasteiger partial charge in [0.1, 0.15) is 5.82 Å². The van der Waals surface area contributed by atoms with Crippen LogP contribution >= 0.6 is 23.2 Å². The molecule has 0 saturated heterocycles. The first-order valence-corrected chi connectivity index (χ1v) is 6.97. The van der Waals surface area contributed by atoms with Gasteiger partial charge >= 0.3 is 0 Å². The zero-order chi connectivity index (χ0) is 15.4. The smallest absolute Gasteiger partial charge is 0.246 e. The number of nitrogens with zero attached hydrogens (tertiary/aromatic N) is 3. The Labute approximate surface area is 132 Å². The van der Waals surface area contributed by atoms with Gasteiger partial charge in [0.25, 0.3) is 0 Å². The van der Waals surface area contributed by atoms with Crippen molar-refractivity contribution < 1.29 is 4.79 Å². The van der Waals surface area contributed by atoms with Crippen LogP contribution in [-0.4, -0.2) is 33.0 Å². The summed E-state index contributed by atoms with van der Waals surface area (Å²) in [7, 11) is 1.68. The van der Waals surface area contributed by atoms with E-state index in [2.05, 4.69) is 15.2 Å². The zero-order valence-corrected chi connectivity index (χ0v) is 13.1. The first-order valence-electron chi connectivity index (χ1n) is 6.22. The summed E-state index contributed by atoms with van der Waals surface area (Å²) >= 11 is 11.9. The molecule has 1 aromatic carbocycles. The summed E-state index contributed by atoms with van der Waals surface area (Å²) in [6, 6.07) is 5.08. The van der Waals surface area contributed by atoms with E-state index in [0.29, 0.717) is 33.8 Å². The number of H-pyrrole nitrogens is 1. The molecule has 1 N–H and O–H groups in total. The molecule has 2 rings (SSSR count). The second-order valence-corrected chi connectivity index (χ2v) is 5.37. The van der Waals surface area contributed by atoms with Gasteiger partial charge in [0.05, 0.1) is 6.54 Å². The summed E-state index contributed by atoms with van der Waals surface area (Å²) < 4.78 is 0. The molecule has 0 fully saturated rings. The van der Waals surface area contributed by atoms with Gasteiger partial charge in [-0.25, -0.2) is 4.98 Å². The Morgan fingerprint density at radius 2 is 2.19 bits per heavy atom. The van der Waals surface area contributed by atoms with Gasteiger partial charge in [0, 0.05) is 23.2 Å². The molecule has 110 valence electrons. The van der Waals surface area contributed by atoms with Crippen LogP contribution in [0.5, 0.6) is 0 Å². The summed E-state index contributed by atoms with van der Waals surface area (Å²) in [6.07, 6.45) is 3.08. The van der Waals surface area contributed by atoms with Gasteiger partial charge in [-0.2, -0.15) is 5.10 Å². The third kappa shape index (κ3) is 4.31. The third-order valence-corrected chi connectivity index (χ3v) is 3.34. The van der Waals surface area contributed by atoms with E-state index in [1.54, 1.807) is 38.2 Å². The first kappa shape index (κ1) is 15.5. The van der Waals surface area contributed by atoms with E-state index in [4.69, 9.17) is 23.2 Å². The molecule has 0 radical (unpaired) electrons. The molecule has 5 nitrogen and oxygen atoms in total. The second-order valence-electron chi connectivity index (χ2n) is 4.53. The highest BCUT2D eigenvalue weighted by molar-refractivity contribution is 6.34. The number of likely N-dealkylation sites (N-methyl/N-ethyl adjacent to an activating group) is 1. The minimum absolute atomic E-state index is 0.173. The van der Waals surface area contributed by atoms with E-state index in [1.807, 2.05) is 0 Å². The standard InChI is InChI=1S/C14H14Cl2N4O/c1-9-17-13(19-18-9)8-20(2)14(21)6-3-10-7-11(15)4-5-12(10)16/h3-7H,8H2,1-2H3,(H,17,18,19). The van der Waals surface area contributed by atoms with E-state index in [-0.39, 0.29) is 5.91 Å². The molecule has 0 atom stereocenters. The number of aromatic nitrogens is 3. The van der Waals surface area contributed by atoms with Gasteiger partial charge in [0.15, 0.2) is 5.82 Å². The molecule has 0 saturated carbocycles. The number of aryl methyl sites for hydroxylation is 1. The van der Waals surface area contributed by atoms with Gasteiger partial charge in [-0.05, 0) is 36.8 Å². The maximum absolute atomic E-state index is 12.0. The molecular formula is C14H14Cl2N4O. The van der Waals surface area contributed by atoms with Crippen LogP contribution in [0.2, 0.25) is 10.0 Å². The van der Waals surface area contributed by atoms with Crippen molar-refractivity contribution in [3.63, 3.8) is 0 Å². The molecule has 21 heavy (non-hydrogen) atoms. The Morgan fingerprint density at radius 1 is 1.43 bits per heavy atom. The van der Waals surface area contributed by atoms with Crippen LogP contribution in [0.4, 0.5) is 0 Å². The van der Waals surface area contributed by atoms with Crippen molar-refractivity contribution in [2.45, 2.75) is 13.5 Å². The van der Waals surface area contributed by atoms with Crippen LogP contribution in [0.25, 0.3) is 6.08 Å². The Hall–Kier alpha value is -1.85. The minimum atomic E-state index is -0.173. The number of hydrogen-bond acceptors (Lipinski definition) is 3. The highest BCUT2D eigenvalue weighted by atomic mass is 35.5. The predicted octanol–water partition coefficient (Wildman–Crippen LogP) is 3.09. The predicted molar refractivity (Wildman–Crippen MR) is 83.1 cm³/mol. The molecule has 0 aliphatic heterocycles. The molecule has 1 heterocycles. The normalized spacial score (nSPS) is 11.0. The fourth-order valence-corrected chi connectivity index (χ4v) is 2.04. The first-order chi connectivity index (χ1) is 9.95. The van der Waals surface area contributed by atoms with Gasteiger partial charge in [-0.15, -0.1) is 0 Å². The maximum atomic E-state index is 12.0. The molecule has 2 aromatic rings. The van der Waals surface area contributed by atoms with E-state index in [0.717, 1.165) is 0 Å². The van der Waals surface area contributed by atoms with Crippen LogP contribution in [0.3, 0.4) is 0 Å². The fraction of sp³-hybridized carbons (Fsp3) is 0.214. The minimum Gasteiger partial charge on any atom is -0.335 e. The number of rotatable bonds is 4. The lowest BCUT2D eigenvalue weighted by Gasteiger charge is -2.12. The van der Waals surface area contributed by atoms with Gasteiger partial charge < -0.3 is 4.90 Å². The lowest BCUT2D eigenvalue weighted by molar-refractivity contribution is -0.125. The van der Waals surface area contributed by atoms with Crippen LogP contribution in [-0.2, 0) is 11.3 Å². The van der Waals surface area contributed by atoms with Crippen LogP contribution < -0.4 is 0 Å². The summed E-state index contributed by atoms with van der Waals surface area (Å²) in [5.41, 5.74) is 0.694. The second kappa shape index (κ2) is 6.74. The number of carbonyl (C=O) groups excluding carboxylic acids is 1. The molecule has 1 aromatic heterocycles. The van der Waals surface area contributed by atoms with Crippen molar-refractivity contribution in [3.05, 3.63) is 51.5 Å². The van der Waals surface area contributed by atoms with Crippen molar-refractivity contribution in [1.29, 1.82) is 0 Å². The van der Waals surface area contributed by atoms with E-state index in [1.165, 1.54) is 11.0 Å². The van der Waals surface area contributed by atoms with Crippen LogP contribution in [0, 0.1) is 6.92 Å². The number of amides is 1. The Kier molecular flexibility index (Phi) is 4.98. The lowest BCUT2D eigenvalue weighted by atomic mass is 10.2. The molecular weight excluding hydrogens is 311 g/mol. The lowest BCUT2D eigenvalue weighted by Crippen LogP contribution is -2.24. The molecule has 0 aliphatic rings. The highest BCUT2D eigenvalue weighted by Gasteiger charge is 2.09. The van der Waals surface area contributed by atoms with Crippen molar-refractivity contribution in [2.24, 2.45) is 0 Å².